The molecular weight excluding hydrogens is 332 g/mol. The smallest absolute Gasteiger partial charge is 0.288 e. The molecule has 0 N–H and O–H groups in total. The van der Waals surface area contributed by atoms with Crippen molar-refractivity contribution in [1.82, 2.24) is 0 Å². The third kappa shape index (κ3) is 6.22. The molecule has 0 aromatic rings. The van der Waals surface area contributed by atoms with Crippen molar-refractivity contribution in [2.24, 2.45) is 5.41 Å². The Morgan fingerprint density at radius 1 is 0.846 bits per heavy atom. The molecule has 154 valence electrons. The Morgan fingerprint density at radius 2 is 1.42 bits per heavy atom. The maximum Gasteiger partial charge on any atom is 0.288 e. The second-order valence-electron chi connectivity index (χ2n) is 7.13. The SMILES string of the molecule is CCCCCCCCC(CC)(CCCOC1C=CO1)C(OC)(OC)OC. The van der Waals surface area contributed by atoms with Gasteiger partial charge < -0.3 is 23.7 Å². The Kier molecular flexibility index (Phi) is 11.4. The van der Waals surface area contributed by atoms with Crippen LogP contribution in [0.1, 0.15) is 78.1 Å². The van der Waals surface area contributed by atoms with Crippen LogP contribution < -0.4 is 0 Å². The number of ether oxygens (including phenoxy) is 5. The van der Waals surface area contributed by atoms with Gasteiger partial charge in [-0.3, -0.25) is 0 Å². The summed E-state index contributed by atoms with van der Waals surface area (Å²) in [5, 5.41) is 0. The Labute approximate surface area is 160 Å². The summed E-state index contributed by atoms with van der Waals surface area (Å²) in [6.07, 6.45) is 14.8. The van der Waals surface area contributed by atoms with Crippen LogP contribution >= 0.6 is 0 Å². The molecule has 0 saturated heterocycles. The molecule has 1 aliphatic heterocycles. The average Bonchev–Trinajstić information content (AvgIpc) is 2.63. The topological polar surface area (TPSA) is 46.2 Å². The molecule has 1 heterocycles. The molecule has 5 heteroatoms. The van der Waals surface area contributed by atoms with E-state index in [9.17, 15) is 0 Å². The molecule has 1 rings (SSSR count). The molecule has 26 heavy (non-hydrogen) atoms. The molecule has 0 bridgehead atoms. The highest BCUT2D eigenvalue weighted by Crippen LogP contribution is 2.47. The van der Waals surface area contributed by atoms with Gasteiger partial charge in [-0.2, -0.15) is 0 Å². The third-order valence-electron chi connectivity index (χ3n) is 5.67. The summed E-state index contributed by atoms with van der Waals surface area (Å²) >= 11 is 0. The van der Waals surface area contributed by atoms with Crippen LogP contribution in [0, 0.1) is 5.41 Å². The van der Waals surface area contributed by atoms with E-state index in [0.717, 1.165) is 32.1 Å². The van der Waals surface area contributed by atoms with Crippen LogP contribution in [0.15, 0.2) is 12.3 Å². The van der Waals surface area contributed by atoms with E-state index in [1.807, 2.05) is 6.08 Å². The highest BCUT2D eigenvalue weighted by molar-refractivity contribution is 4.90. The molecule has 0 spiro atoms. The zero-order valence-corrected chi connectivity index (χ0v) is 17.6. The number of unbranched alkanes of at least 4 members (excludes halogenated alkanes) is 5. The summed E-state index contributed by atoms with van der Waals surface area (Å²) in [5.74, 6) is -1.02. The second-order valence-corrected chi connectivity index (χ2v) is 7.13. The van der Waals surface area contributed by atoms with Crippen molar-refractivity contribution in [3.05, 3.63) is 12.3 Å². The highest BCUT2D eigenvalue weighted by atomic mass is 16.9. The van der Waals surface area contributed by atoms with Crippen LogP contribution in [0.3, 0.4) is 0 Å². The molecule has 0 aromatic carbocycles. The number of hydrogen-bond donors (Lipinski definition) is 0. The van der Waals surface area contributed by atoms with E-state index in [-0.39, 0.29) is 11.7 Å². The van der Waals surface area contributed by atoms with Crippen molar-refractivity contribution in [2.45, 2.75) is 90.3 Å². The lowest BCUT2D eigenvalue weighted by molar-refractivity contribution is -0.410. The summed E-state index contributed by atoms with van der Waals surface area (Å²) in [6.45, 7) is 5.10. The largest absolute Gasteiger partial charge is 0.469 e. The number of rotatable bonds is 17. The van der Waals surface area contributed by atoms with Gasteiger partial charge in [-0.15, -0.1) is 0 Å². The molecule has 5 nitrogen and oxygen atoms in total. The summed E-state index contributed by atoms with van der Waals surface area (Å²) in [7, 11) is 5.01. The predicted octanol–water partition coefficient (Wildman–Crippen LogP) is 5.39. The van der Waals surface area contributed by atoms with Crippen molar-refractivity contribution < 1.29 is 23.7 Å². The number of hydrogen-bond acceptors (Lipinski definition) is 5. The van der Waals surface area contributed by atoms with Crippen molar-refractivity contribution in [2.75, 3.05) is 27.9 Å². The van der Waals surface area contributed by atoms with Gasteiger partial charge in [0.05, 0.1) is 18.3 Å². The summed E-state index contributed by atoms with van der Waals surface area (Å²) in [6, 6.07) is 0. The summed E-state index contributed by atoms with van der Waals surface area (Å²) in [4.78, 5) is 0. The van der Waals surface area contributed by atoms with Crippen LogP contribution in [0.2, 0.25) is 0 Å². The van der Waals surface area contributed by atoms with Crippen LogP contribution in [-0.4, -0.2) is 40.2 Å². The van der Waals surface area contributed by atoms with Crippen LogP contribution in [-0.2, 0) is 23.7 Å². The lowest BCUT2D eigenvalue weighted by atomic mass is 9.73. The molecule has 2 unspecified atom stereocenters. The maximum atomic E-state index is 5.78. The van der Waals surface area contributed by atoms with Gasteiger partial charge in [0.1, 0.15) is 0 Å². The number of methoxy groups -OCH3 is 3. The van der Waals surface area contributed by atoms with Gasteiger partial charge in [0, 0.05) is 27.4 Å². The molecule has 0 aromatic heterocycles. The first kappa shape index (κ1) is 23.4. The van der Waals surface area contributed by atoms with Gasteiger partial charge >= 0.3 is 0 Å². The molecule has 0 fully saturated rings. The Bertz CT molecular complexity index is 372. The van der Waals surface area contributed by atoms with Gasteiger partial charge in [0.15, 0.2) is 0 Å². The zero-order chi connectivity index (χ0) is 19.3. The third-order valence-corrected chi connectivity index (χ3v) is 5.67. The van der Waals surface area contributed by atoms with Crippen LogP contribution in [0.5, 0.6) is 0 Å². The fraction of sp³-hybridized carbons (Fsp3) is 0.905. The highest BCUT2D eigenvalue weighted by Gasteiger charge is 2.51. The van der Waals surface area contributed by atoms with Crippen LogP contribution in [0.4, 0.5) is 0 Å². The fourth-order valence-corrected chi connectivity index (χ4v) is 3.99. The zero-order valence-electron chi connectivity index (χ0n) is 17.6. The molecular formula is C21H40O5. The van der Waals surface area contributed by atoms with Crippen molar-refractivity contribution in [3.8, 4) is 0 Å². The quantitative estimate of drug-likeness (QED) is 0.253. The monoisotopic (exact) mass is 372 g/mol. The van der Waals surface area contributed by atoms with E-state index >= 15 is 0 Å². The van der Waals surface area contributed by atoms with Crippen molar-refractivity contribution >= 4 is 0 Å². The first-order chi connectivity index (χ1) is 12.6. The van der Waals surface area contributed by atoms with Crippen molar-refractivity contribution in [3.63, 3.8) is 0 Å². The average molecular weight is 373 g/mol. The molecule has 0 amide bonds. The van der Waals surface area contributed by atoms with Gasteiger partial charge in [-0.05, 0) is 25.7 Å². The first-order valence-corrected chi connectivity index (χ1v) is 10.2. The van der Waals surface area contributed by atoms with E-state index in [1.165, 1.54) is 32.1 Å². The first-order valence-electron chi connectivity index (χ1n) is 10.2. The summed E-state index contributed by atoms with van der Waals surface area (Å²) in [5.41, 5.74) is -0.199. The van der Waals surface area contributed by atoms with Gasteiger partial charge in [0.2, 0.25) is 6.29 Å². The minimum Gasteiger partial charge on any atom is -0.469 e. The molecule has 0 saturated carbocycles. The molecule has 0 radical (unpaired) electrons. The Morgan fingerprint density at radius 3 is 1.92 bits per heavy atom. The standard InChI is InChI=1S/C21H40O5/c1-6-8-9-10-11-12-15-20(7-2,21(22-3,23-4)24-5)16-13-17-25-19-14-18-26-19/h14,18-19H,6-13,15-17H2,1-5H3. The van der Waals surface area contributed by atoms with Crippen LogP contribution in [0.25, 0.3) is 0 Å². The van der Waals surface area contributed by atoms with Gasteiger partial charge in [-0.1, -0.05) is 52.4 Å². The van der Waals surface area contributed by atoms with E-state index in [0.29, 0.717) is 6.61 Å². The van der Waals surface area contributed by atoms with E-state index in [1.54, 1.807) is 27.6 Å². The van der Waals surface area contributed by atoms with E-state index in [2.05, 4.69) is 13.8 Å². The molecule has 0 aliphatic carbocycles. The lowest BCUT2D eigenvalue weighted by Gasteiger charge is -2.47. The minimum absolute atomic E-state index is 0.179. The molecule has 1 aliphatic rings. The second kappa shape index (κ2) is 12.7. The van der Waals surface area contributed by atoms with E-state index in [4.69, 9.17) is 23.7 Å². The predicted molar refractivity (Wildman–Crippen MR) is 104 cm³/mol. The van der Waals surface area contributed by atoms with Crippen molar-refractivity contribution in [1.29, 1.82) is 0 Å². The molecule has 2 atom stereocenters. The Balaban J connectivity index is 2.64. The fourth-order valence-electron chi connectivity index (χ4n) is 3.99. The van der Waals surface area contributed by atoms with Gasteiger partial charge in [-0.25, -0.2) is 0 Å². The Hall–Kier alpha value is -0.620. The van der Waals surface area contributed by atoms with E-state index < -0.39 is 5.97 Å². The maximum absolute atomic E-state index is 5.78. The summed E-state index contributed by atoms with van der Waals surface area (Å²) < 4.78 is 28.2. The minimum atomic E-state index is -1.02. The normalized spacial score (nSPS) is 19.0. The lowest BCUT2D eigenvalue weighted by Crippen LogP contribution is -2.53. The van der Waals surface area contributed by atoms with Gasteiger partial charge in [0.25, 0.3) is 5.97 Å².